The second-order valence-electron chi connectivity index (χ2n) is 4.00. The van der Waals surface area contributed by atoms with E-state index in [1.165, 1.54) is 12.0 Å². The maximum Gasteiger partial charge on any atom is 0.339 e. The Morgan fingerprint density at radius 1 is 1.56 bits per heavy atom. The van der Waals surface area contributed by atoms with Gasteiger partial charge >= 0.3 is 12.0 Å². The van der Waals surface area contributed by atoms with Gasteiger partial charge in [0.2, 0.25) is 0 Å². The molecule has 18 heavy (non-hydrogen) atoms. The molecule has 6 nitrogen and oxygen atoms in total. The van der Waals surface area contributed by atoms with Gasteiger partial charge in [0.15, 0.2) is 0 Å². The molecule has 1 aromatic carbocycles. The molecule has 0 spiro atoms. The molecule has 0 aromatic heterocycles. The molecule has 0 saturated carbocycles. The number of esters is 1. The van der Waals surface area contributed by atoms with Gasteiger partial charge in [0.05, 0.1) is 24.4 Å². The number of carbonyl (C=O) groups excluding carboxylic acids is 2. The summed E-state index contributed by atoms with van der Waals surface area (Å²) in [6.07, 6.45) is 0. The summed E-state index contributed by atoms with van der Waals surface area (Å²) in [4.78, 5) is 25.0. The fraction of sp³-hybridized carbons (Fsp3) is 0.333. The molecule has 1 unspecified atom stereocenters. The predicted molar refractivity (Wildman–Crippen MR) is 66.5 cm³/mol. The maximum absolute atomic E-state index is 11.8. The number of hydrogen-bond acceptors (Lipinski definition) is 4. The number of anilines is 1. The van der Waals surface area contributed by atoms with E-state index in [2.05, 4.69) is 5.32 Å². The molecule has 3 N–H and O–H groups in total. The lowest BCUT2D eigenvalue weighted by atomic mass is 10.1. The summed E-state index contributed by atoms with van der Waals surface area (Å²) in [6, 6.07) is 6.49. The maximum atomic E-state index is 11.8. The molecule has 1 atom stereocenters. The largest absolute Gasteiger partial charge is 0.465 e. The average Bonchev–Trinajstić information content (AvgIpc) is 2.79. The van der Waals surface area contributed by atoms with E-state index < -0.39 is 5.97 Å². The van der Waals surface area contributed by atoms with Gasteiger partial charge in [0, 0.05) is 13.1 Å². The number of para-hydroxylation sites is 1. The molecule has 96 valence electrons. The molecule has 2 rings (SSSR count). The molecule has 0 radical (unpaired) electrons. The van der Waals surface area contributed by atoms with Crippen molar-refractivity contribution < 1.29 is 14.3 Å². The van der Waals surface area contributed by atoms with Crippen LogP contribution in [0.15, 0.2) is 24.3 Å². The van der Waals surface area contributed by atoms with E-state index in [9.17, 15) is 9.59 Å². The summed E-state index contributed by atoms with van der Waals surface area (Å²) in [5.74, 6) is -0.463. The summed E-state index contributed by atoms with van der Waals surface area (Å²) in [7, 11) is 1.31. The van der Waals surface area contributed by atoms with Crippen molar-refractivity contribution in [3.63, 3.8) is 0 Å². The highest BCUT2D eigenvalue weighted by molar-refractivity contribution is 6.03. The molecule has 1 aliphatic heterocycles. The molecule has 1 heterocycles. The number of rotatable bonds is 3. The summed E-state index contributed by atoms with van der Waals surface area (Å²) in [5.41, 5.74) is 6.44. The van der Waals surface area contributed by atoms with Gasteiger partial charge in [0.1, 0.15) is 0 Å². The van der Waals surface area contributed by atoms with Crippen LogP contribution in [-0.2, 0) is 4.74 Å². The first-order valence-corrected chi connectivity index (χ1v) is 5.62. The van der Waals surface area contributed by atoms with Crippen LogP contribution in [0.4, 0.5) is 10.5 Å². The number of carbonyl (C=O) groups is 2. The summed E-state index contributed by atoms with van der Waals surface area (Å²) in [5, 5.41) is 2.75. The number of methoxy groups -OCH3 is 1. The second kappa shape index (κ2) is 5.05. The van der Waals surface area contributed by atoms with Crippen LogP contribution >= 0.6 is 0 Å². The molecule has 1 aromatic rings. The highest BCUT2D eigenvalue weighted by Crippen LogP contribution is 2.23. The van der Waals surface area contributed by atoms with Gasteiger partial charge in [-0.2, -0.15) is 0 Å². The minimum absolute atomic E-state index is 0.0943. The normalized spacial score (nSPS) is 18.7. The second-order valence-corrected chi connectivity index (χ2v) is 4.00. The Morgan fingerprint density at radius 3 is 2.89 bits per heavy atom. The fourth-order valence-corrected chi connectivity index (χ4v) is 1.93. The first-order valence-electron chi connectivity index (χ1n) is 5.62. The van der Waals surface area contributed by atoms with E-state index in [0.29, 0.717) is 24.3 Å². The van der Waals surface area contributed by atoms with Crippen molar-refractivity contribution in [2.75, 3.05) is 25.1 Å². The Labute approximate surface area is 105 Å². The SMILES string of the molecule is COC(=O)c1ccccc1N1CC(CN)NC1=O. The van der Waals surface area contributed by atoms with E-state index in [1.54, 1.807) is 24.3 Å². The fourth-order valence-electron chi connectivity index (χ4n) is 1.93. The third kappa shape index (κ3) is 2.14. The molecular formula is C12H15N3O3. The zero-order chi connectivity index (χ0) is 13.1. The van der Waals surface area contributed by atoms with Crippen LogP contribution in [0, 0.1) is 0 Å². The number of benzene rings is 1. The smallest absolute Gasteiger partial charge is 0.339 e. The van der Waals surface area contributed by atoms with Crippen molar-refractivity contribution in [3.05, 3.63) is 29.8 Å². The number of amides is 2. The molecule has 6 heteroatoms. The number of nitrogens with zero attached hydrogens (tertiary/aromatic N) is 1. The van der Waals surface area contributed by atoms with Crippen molar-refractivity contribution in [2.45, 2.75) is 6.04 Å². The van der Waals surface area contributed by atoms with E-state index in [1.807, 2.05) is 0 Å². The average molecular weight is 249 g/mol. The first kappa shape index (κ1) is 12.4. The lowest BCUT2D eigenvalue weighted by molar-refractivity contribution is 0.0601. The van der Waals surface area contributed by atoms with Gasteiger partial charge in [-0.3, -0.25) is 4.90 Å². The summed E-state index contributed by atoms with van der Waals surface area (Å²) >= 11 is 0. The van der Waals surface area contributed by atoms with Crippen LogP contribution < -0.4 is 16.0 Å². The number of nitrogens with one attached hydrogen (secondary N) is 1. The van der Waals surface area contributed by atoms with Crippen LogP contribution in [0.25, 0.3) is 0 Å². The molecule has 0 aliphatic carbocycles. The van der Waals surface area contributed by atoms with Crippen LogP contribution in [0.5, 0.6) is 0 Å². The molecule has 1 aliphatic rings. The van der Waals surface area contributed by atoms with Crippen molar-refractivity contribution >= 4 is 17.7 Å². The standard InChI is InChI=1S/C12H15N3O3/c1-18-11(16)9-4-2-3-5-10(9)15-7-8(6-13)14-12(15)17/h2-5,8H,6-7,13H2,1H3,(H,14,17). The third-order valence-electron chi connectivity index (χ3n) is 2.86. The van der Waals surface area contributed by atoms with Gasteiger partial charge < -0.3 is 15.8 Å². The molecular weight excluding hydrogens is 234 g/mol. The number of hydrogen-bond donors (Lipinski definition) is 2. The van der Waals surface area contributed by atoms with Crippen molar-refractivity contribution in [1.29, 1.82) is 0 Å². The highest BCUT2D eigenvalue weighted by Gasteiger charge is 2.31. The van der Waals surface area contributed by atoms with Gasteiger partial charge in [0.25, 0.3) is 0 Å². The van der Waals surface area contributed by atoms with E-state index >= 15 is 0 Å². The summed E-state index contributed by atoms with van der Waals surface area (Å²) < 4.78 is 4.70. The topological polar surface area (TPSA) is 84.7 Å². The number of nitrogens with two attached hydrogens (primary N) is 1. The Morgan fingerprint density at radius 2 is 2.28 bits per heavy atom. The van der Waals surface area contributed by atoms with Gasteiger partial charge in [-0.1, -0.05) is 12.1 Å². The van der Waals surface area contributed by atoms with Crippen molar-refractivity contribution in [1.82, 2.24) is 5.32 Å². The minimum atomic E-state index is -0.463. The zero-order valence-corrected chi connectivity index (χ0v) is 10.1. The van der Waals surface area contributed by atoms with Crippen LogP contribution in [0.2, 0.25) is 0 Å². The zero-order valence-electron chi connectivity index (χ0n) is 10.1. The molecule has 1 fully saturated rings. The summed E-state index contributed by atoms with van der Waals surface area (Å²) in [6.45, 7) is 0.811. The van der Waals surface area contributed by atoms with Crippen molar-refractivity contribution in [3.8, 4) is 0 Å². The van der Waals surface area contributed by atoms with Crippen molar-refractivity contribution in [2.24, 2.45) is 5.73 Å². The Hall–Kier alpha value is -2.08. The first-order chi connectivity index (χ1) is 8.67. The van der Waals surface area contributed by atoms with Gasteiger partial charge in [-0.25, -0.2) is 9.59 Å². The van der Waals surface area contributed by atoms with E-state index in [4.69, 9.17) is 10.5 Å². The van der Waals surface area contributed by atoms with Gasteiger partial charge in [-0.15, -0.1) is 0 Å². The number of urea groups is 1. The Bertz CT molecular complexity index is 475. The quantitative estimate of drug-likeness (QED) is 0.756. The van der Waals surface area contributed by atoms with Crippen LogP contribution in [0.3, 0.4) is 0 Å². The predicted octanol–water partition coefficient (Wildman–Crippen LogP) is 0.330. The number of ether oxygens (including phenoxy) is 1. The lowest BCUT2D eigenvalue weighted by Crippen LogP contribution is -2.33. The van der Waals surface area contributed by atoms with E-state index in [-0.39, 0.29) is 12.1 Å². The highest BCUT2D eigenvalue weighted by atomic mass is 16.5. The lowest BCUT2D eigenvalue weighted by Gasteiger charge is -2.17. The van der Waals surface area contributed by atoms with E-state index in [0.717, 1.165) is 0 Å². The Balaban J connectivity index is 2.34. The molecule has 2 amide bonds. The van der Waals surface area contributed by atoms with Crippen LogP contribution in [0.1, 0.15) is 10.4 Å². The molecule has 1 saturated heterocycles. The Kier molecular flexibility index (Phi) is 3.47. The monoisotopic (exact) mass is 249 g/mol. The third-order valence-corrected chi connectivity index (χ3v) is 2.86. The van der Waals surface area contributed by atoms with Crippen LogP contribution in [-0.4, -0.2) is 38.2 Å². The minimum Gasteiger partial charge on any atom is -0.465 e. The molecule has 0 bridgehead atoms. The van der Waals surface area contributed by atoms with Gasteiger partial charge in [-0.05, 0) is 12.1 Å².